The van der Waals surface area contributed by atoms with Gasteiger partial charge in [0.15, 0.2) is 0 Å². The zero-order valence-corrected chi connectivity index (χ0v) is 12.6. The maximum atomic E-state index is 11.9. The molecule has 2 amide bonds. The Morgan fingerprint density at radius 3 is 2.58 bits per heavy atom. The van der Waals surface area contributed by atoms with Crippen LogP contribution >= 0.6 is 0 Å². The minimum Gasteiger partial charge on any atom is -0.396 e. The first-order valence-corrected chi connectivity index (χ1v) is 7.69. The quantitative estimate of drug-likeness (QED) is 0.694. The average Bonchev–Trinajstić information content (AvgIpc) is 2.37. The van der Waals surface area contributed by atoms with E-state index in [1.807, 2.05) is 6.92 Å². The third kappa shape index (κ3) is 5.81. The second-order valence-corrected chi connectivity index (χ2v) is 6.27. The van der Waals surface area contributed by atoms with Crippen molar-refractivity contribution < 1.29 is 9.90 Å². The topological polar surface area (TPSA) is 61.4 Å². The van der Waals surface area contributed by atoms with E-state index in [1.54, 1.807) is 0 Å². The van der Waals surface area contributed by atoms with Gasteiger partial charge in [0.25, 0.3) is 0 Å². The molecule has 0 aliphatic heterocycles. The van der Waals surface area contributed by atoms with Gasteiger partial charge in [-0.25, -0.2) is 4.79 Å². The van der Waals surface area contributed by atoms with Gasteiger partial charge >= 0.3 is 6.03 Å². The Hall–Kier alpha value is -0.770. The zero-order chi connectivity index (χ0) is 14.3. The lowest BCUT2D eigenvalue weighted by molar-refractivity contribution is 0.192. The van der Waals surface area contributed by atoms with E-state index in [4.69, 9.17) is 5.11 Å². The van der Waals surface area contributed by atoms with Crippen LogP contribution in [0.15, 0.2) is 0 Å². The first kappa shape index (κ1) is 16.3. The van der Waals surface area contributed by atoms with Crippen LogP contribution in [0, 0.1) is 17.8 Å². The molecule has 0 radical (unpaired) electrons. The Labute approximate surface area is 117 Å². The third-order valence-electron chi connectivity index (χ3n) is 4.23. The van der Waals surface area contributed by atoms with Gasteiger partial charge in [-0.2, -0.15) is 0 Å². The van der Waals surface area contributed by atoms with Crippen LogP contribution in [0.5, 0.6) is 0 Å². The summed E-state index contributed by atoms with van der Waals surface area (Å²) in [5.74, 6) is 1.55. The lowest BCUT2D eigenvalue weighted by Crippen LogP contribution is -2.48. The molecule has 1 saturated carbocycles. The molecule has 0 spiro atoms. The second kappa shape index (κ2) is 8.41. The molecule has 1 aliphatic rings. The maximum Gasteiger partial charge on any atom is 0.315 e. The van der Waals surface area contributed by atoms with E-state index >= 15 is 0 Å². The van der Waals surface area contributed by atoms with Gasteiger partial charge in [0.2, 0.25) is 0 Å². The average molecular weight is 270 g/mol. The fourth-order valence-corrected chi connectivity index (χ4v) is 2.95. The number of hydrogen-bond acceptors (Lipinski definition) is 2. The van der Waals surface area contributed by atoms with Gasteiger partial charge in [-0.3, -0.25) is 0 Å². The summed E-state index contributed by atoms with van der Waals surface area (Å²) >= 11 is 0. The summed E-state index contributed by atoms with van der Waals surface area (Å²) < 4.78 is 0. The Kier molecular flexibility index (Phi) is 7.21. The fraction of sp³-hybridized carbons (Fsp3) is 0.933. The molecule has 0 aromatic carbocycles. The van der Waals surface area contributed by atoms with Crippen molar-refractivity contribution in [1.29, 1.82) is 0 Å². The molecule has 0 heterocycles. The number of aliphatic hydroxyl groups excluding tert-OH is 1. The second-order valence-electron chi connectivity index (χ2n) is 6.27. The summed E-state index contributed by atoms with van der Waals surface area (Å²) in [6.07, 6.45) is 5.57. The summed E-state index contributed by atoms with van der Waals surface area (Å²) in [6.45, 7) is 7.33. The van der Waals surface area contributed by atoms with Crippen molar-refractivity contribution in [2.75, 3.05) is 13.2 Å². The van der Waals surface area contributed by atoms with Gasteiger partial charge in [0.1, 0.15) is 0 Å². The van der Waals surface area contributed by atoms with Crippen LogP contribution in [0.25, 0.3) is 0 Å². The van der Waals surface area contributed by atoms with Crippen LogP contribution in [0.3, 0.4) is 0 Å². The van der Waals surface area contributed by atoms with E-state index in [0.29, 0.717) is 30.3 Å². The highest BCUT2D eigenvalue weighted by Crippen LogP contribution is 2.30. The number of nitrogens with one attached hydrogen (secondary N) is 2. The summed E-state index contributed by atoms with van der Waals surface area (Å²) in [7, 11) is 0. The normalized spacial score (nSPS) is 25.1. The van der Waals surface area contributed by atoms with Gasteiger partial charge in [-0.15, -0.1) is 0 Å². The highest BCUT2D eigenvalue weighted by atomic mass is 16.3. The van der Waals surface area contributed by atoms with Crippen LogP contribution in [-0.4, -0.2) is 30.3 Å². The summed E-state index contributed by atoms with van der Waals surface area (Å²) in [4.78, 5) is 11.9. The predicted molar refractivity (Wildman–Crippen MR) is 78.0 cm³/mol. The van der Waals surface area contributed by atoms with Crippen molar-refractivity contribution in [3.05, 3.63) is 0 Å². The molecule has 1 rings (SSSR count). The van der Waals surface area contributed by atoms with Gasteiger partial charge < -0.3 is 15.7 Å². The number of carbonyl (C=O) groups excluding carboxylic acids is 1. The number of carbonyl (C=O) groups is 1. The number of urea groups is 1. The molecule has 4 heteroatoms. The molecular formula is C15H30N2O2. The van der Waals surface area contributed by atoms with Gasteiger partial charge in [-0.05, 0) is 37.0 Å². The molecule has 1 fully saturated rings. The van der Waals surface area contributed by atoms with Gasteiger partial charge in [0.05, 0.1) is 0 Å². The summed E-state index contributed by atoms with van der Waals surface area (Å²) in [6, 6.07) is 0.268. The minimum atomic E-state index is -0.0534. The van der Waals surface area contributed by atoms with E-state index in [1.165, 1.54) is 19.3 Å². The van der Waals surface area contributed by atoms with Crippen LogP contribution in [0.4, 0.5) is 4.79 Å². The monoisotopic (exact) mass is 270 g/mol. The van der Waals surface area contributed by atoms with Crippen molar-refractivity contribution in [3.8, 4) is 0 Å². The zero-order valence-electron chi connectivity index (χ0n) is 12.6. The molecule has 4 nitrogen and oxygen atoms in total. The standard InChI is InChI=1S/C15H30N2O2/c1-11(2)13-6-4-5-7-14(13)17-15(19)16-10-12(3)8-9-18/h11-14,18H,4-10H2,1-3H3,(H2,16,17,19). The van der Waals surface area contributed by atoms with Crippen molar-refractivity contribution in [3.63, 3.8) is 0 Å². The van der Waals surface area contributed by atoms with Crippen LogP contribution < -0.4 is 10.6 Å². The molecular weight excluding hydrogens is 240 g/mol. The molecule has 0 aromatic rings. The molecule has 19 heavy (non-hydrogen) atoms. The van der Waals surface area contributed by atoms with E-state index < -0.39 is 0 Å². The Bertz CT molecular complexity index is 269. The minimum absolute atomic E-state index is 0.0534. The van der Waals surface area contributed by atoms with Crippen LogP contribution in [0.1, 0.15) is 52.9 Å². The molecule has 3 N–H and O–H groups in total. The fourth-order valence-electron chi connectivity index (χ4n) is 2.95. The van der Waals surface area contributed by atoms with E-state index in [9.17, 15) is 4.79 Å². The molecule has 0 saturated heterocycles. The number of rotatable bonds is 6. The van der Waals surface area contributed by atoms with Crippen LogP contribution in [-0.2, 0) is 0 Å². The number of aliphatic hydroxyl groups is 1. The highest BCUT2D eigenvalue weighted by molar-refractivity contribution is 5.74. The predicted octanol–water partition coefficient (Wildman–Crippen LogP) is 2.52. The maximum absolute atomic E-state index is 11.9. The van der Waals surface area contributed by atoms with Crippen molar-refractivity contribution >= 4 is 6.03 Å². The largest absolute Gasteiger partial charge is 0.396 e. The van der Waals surface area contributed by atoms with Crippen molar-refractivity contribution in [1.82, 2.24) is 10.6 Å². The smallest absolute Gasteiger partial charge is 0.315 e. The SMILES string of the molecule is CC(CCO)CNC(=O)NC1CCCCC1C(C)C. The third-order valence-corrected chi connectivity index (χ3v) is 4.23. The Morgan fingerprint density at radius 2 is 1.95 bits per heavy atom. The Morgan fingerprint density at radius 1 is 1.26 bits per heavy atom. The lowest BCUT2D eigenvalue weighted by atomic mass is 9.78. The van der Waals surface area contributed by atoms with E-state index in [-0.39, 0.29) is 12.6 Å². The Balaban J connectivity index is 2.33. The highest BCUT2D eigenvalue weighted by Gasteiger charge is 2.28. The first-order valence-electron chi connectivity index (χ1n) is 7.69. The van der Waals surface area contributed by atoms with Crippen molar-refractivity contribution in [2.45, 2.75) is 58.9 Å². The lowest BCUT2D eigenvalue weighted by Gasteiger charge is -2.34. The first-order chi connectivity index (χ1) is 9.04. The van der Waals surface area contributed by atoms with Crippen molar-refractivity contribution in [2.24, 2.45) is 17.8 Å². The van der Waals surface area contributed by atoms with Gasteiger partial charge in [0, 0.05) is 19.2 Å². The summed E-state index contributed by atoms with van der Waals surface area (Å²) in [5.41, 5.74) is 0. The molecule has 0 aromatic heterocycles. The number of amides is 2. The molecule has 1 aliphatic carbocycles. The van der Waals surface area contributed by atoms with E-state index in [0.717, 1.165) is 12.8 Å². The van der Waals surface area contributed by atoms with Crippen LogP contribution in [0.2, 0.25) is 0 Å². The summed E-state index contributed by atoms with van der Waals surface area (Å²) in [5, 5.41) is 14.9. The molecule has 0 bridgehead atoms. The molecule has 3 unspecified atom stereocenters. The number of hydrogen-bond donors (Lipinski definition) is 3. The molecule has 112 valence electrons. The van der Waals surface area contributed by atoms with Gasteiger partial charge in [-0.1, -0.05) is 33.6 Å². The molecule has 3 atom stereocenters. The van der Waals surface area contributed by atoms with E-state index in [2.05, 4.69) is 24.5 Å².